The zero-order chi connectivity index (χ0) is 22.6. The summed E-state index contributed by atoms with van der Waals surface area (Å²) in [6.07, 6.45) is -0.0216. The van der Waals surface area contributed by atoms with Crippen molar-refractivity contribution < 1.29 is 22.0 Å². The van der Waals surface area contributed by atoms with Crippen LogP contribution in [0.1, 0.15) is 25.8 Å². The Labute approximate surface area is 185 Å². The van der Waals surface area contributed by atoms with E-state index in [0.717, 1.165) is 44.9 Å². The van der Waals surface area contributed by atoms with Crippen LogP contribution in [-0.4, -0.2) is 48.1 Å². The van der Waals surface area contributed by atoms with Crippen LogP contribution >= 0.6 is 11.8 Å². The number of pyridine rings is 1. The van der Waals surface area contributed by atoms with Crippen molar-refractivity contribution in [1.82, 2.24) is 14.6 Å². The molecule has 168 valence electrons. The lowest BCUT2D eigenvalue weighted by Crippen LogP contribution is -2.45. The summed E-state index contributed by atoms with van der Waals surface area (Å²) in [4.78, 5) is 16.9. The Morgan fingerprint density at radius 2 is 2.00 bits per heavy atom. The molecule has 0 bridgehead atoms. The lowest BCUT2D eigenvalue weighted by molar-refractivity contribution is -0.124. The smallest absolute Gasteiger partial charge is 0.243 e. The van der Waals surface area contributed by atoms with E-state index in [1.54, 1.807) is 24.0 Å². The minimum Gasteiger partial charge on any atom is -0.351 e. The number of amides is 1. The van der Waals surface area contributed by atoms with Gasteiger partial charge in [-0.15, -0.1) is 11.8 Å². The number of sulfonamides is 1. The van der Waals surface area contributed by atoms with Crippen molar-refractivity contribution in [2.24, 2.45) is 5.92 Å². The molecular formula is C21H25F2N3O3S2. The van der Waals surface area contributed by atoms with Crippen LogP contribution in [-0.2, 0) is 21.4 Å². The molecule has 2 aromatic rings. The third-order valence-corrected chi connectivity index (χ3v) is 8.00. The van der Waals surface area contributed by atoms with E-state index in [1.165, 1.54) is 0 Å². The first-order chi connectivity index (χ1) is 14.7. The molecule has 0 spiro atoms. The first-order valence-corrected chi connectivity index (χ1v) is 12.4. The van der Waals surface area contributed by atoms with Gasteiger partial charge in [0.15, 0.2) is 0 Å². The van der Waals surface area contributed by atoms with Gasteiger partial charge < -0.3 is 5.32 Å². The second-order valence-corrected chi connectivity index (χ2v) is 10.7. The van der Waals surface area contributed by atoms with Gasteiger partial charge in [0.05, 0.1) is 9.92 Å². The Bertz CT molecular complexity index is 1020. The van der Waals surface area contributed by atoms with Crippen LogP contribution in [0, 0.1) is 11.7 Å². The van der Waals surface area contributed by atoms with Crippen LogP contribution in [0.15, 0.2) is 52.5 Å². The van der Waals surface area contributed by atoms with E-state index < -0.39 is 40.5 Å². The van der Waals surface area contributed by atoms with Crippen LogP contribution < -0.4 is 5.32 Å². The number of hydrogen-bond donors (Lipinski definition) is 1. The maximum Gasteiger partial charge on any atom is 0.243 e. The molecule has 10 heteroatoms. The van der Waals surface area contributed by atoms with E-state index in [4.69, 9.17) is 0 Å². The highest BCUT2D eigenvalue weighted by Gasteiger charge is 2.44. The molecule has 6 nitrogen and oxygen atoms in total. The molecule has 2 atom stereocenters. The molecule has 1 aliphatic heterocycles. The lowest BCUT2D eigenvalue weighted by Gasteiger charge is -2.23. The monoisotopic (exact) mass is 469 g/mol. The maximum absolute atomic E-state index is 14.1. The van der Waals surface area contributed by atoms with E-state index in [0.29, 0.717) is 5.92 Å². The fraction of sp³-hybridized carbons (Fsp3) is 0.429. The molecule has 0 unspecified atom stereocenters. The Morgan fingerprint density at radius 1 is 1.29 bits per heavy atom. The standard InChI is InChI=1S/C21H25F2N3O3S2/c1-14(2)13-30-20-9-15(7-8-24-20)11-25-21(27)19-10-17(23)12-26(19)31(28,29)18-5-3-16(22)4-6-18/h3-9,14,17,19H,10-13H2,1-2H3,(H,25,27)/t17-,19+/m1/s1. The summed E-state index contributed by atoms with van der Waals surface area (Å²) in [5, 5.41) is 3.55. The van der Waals surface area contributed by atoms with E-state index in [2.05, 4.69) is 24.1 Å². The van der Waals surface area contributed by atoms with Crippen molar-refractivity contribution in [1.29, 1.82) is 0 Å². The zero-order valence-electron chi connectivity index (χ0n) is 17.3. The Balaban J connectivity index is 1.69. The number of thioether (sulfide) groups is 1. The second-order valence-electron chi connectivity index (χ2n) is 7.80. The van der Waals surface area contributed by atoms with E-state index in [-0.39, 0.29) is 17.9 Å². The van der Waals surface area contributed by atoms with E-state index >= 15 is 0 Å². The molecule has 1 N–H and O–H groups in total. The first-order valence-electron chi connectivity index (χ1n) is 9.93. The van der Waals surface area contributed by atoms with Crippen molar-refractivity contribution in [3.8, 4) is 0 Å². The Hall–Kier alpha value is -2.04. The van der Waals surface area contributed by atoms with Crippen LogP contribution in [0.5, 0.6) is 0 Å². The maximum atomic E-state index is 14.1. The summed E-state index contributed by atoms with van der Waals surface area (Å²) in [6, 6.07) is 6.72. The second kappa shape index (κ2) is 10.1. The van der Waals surface area contributed by atoms with Crippen LogP contribution in [0.4, 0.5) is 8.78 Å². The highest BCUT2D eigenvalue weighted by atomic mass is 32.2. The van der Waals surface area contributed by atoms with Crippen molar-refractivity contribution in [2.45, 2.75) is 48.9 Å². The molecule has 1 aliphatic rings. The van der Waals surface area contributed by atoms with E-state index in [1.807, 2.05) is 6.07 Å². The molecule has 1 saturated heterocycles. The average Bonchev–Trinajstić information content (AvgIpc) is 3.14. The third-order valence-electron chi connectivity index (χ3n) is 4.76. The summed E-state index contributed by atoms with van der Waals surface area (Å²) in [5.41, 5.74) is 0.817. The average molecular weight is 470 g/mol. The first kappa shape index (κ1) is 23.6. The molecule has 0 radical (unpaired) electrons. The molecule has 2 heterocycles. The fourth-order valence-corrected chi connectivity index (χ4v) is 5.70. The number of halogens is 2. The summed E-state index contributed by atoms with van der Waals surface area (Å²) < 4.78 is 53.9. The highest BCUT2D eigenvalue weighted by molar-refractivity contribution is 7.99. The quantitative estimate of drug-likeness (QED) is 0.600. The Kier molecular flexibility index (Phi) is 7.66. The van der Waals surface area contributed by atoms with Gasteiger partial charge in [-0.2, -0.15) is 4.31 Å². The van der Waals surface area contributed by atoms with E-state index in [9.17, 15) is 22.0 Å². The largest absolute Gasteiger partial charge is 0.351 e. The minimum absolute atomic E-state index is 0.175. The summed E-state index contributed by atoms with van der Waals surface area (Å²) in [6.45, 7) is 3.99. The molecule has 31 heavy (non-hydrogen) atoms. The van der Waals surface area contributed by atoms with Crippen molar-refractivity contribution in [3.05, 3.63) is 54.0 Å². The van der Waals surface area contributed by atoms with Gasteiger partial charge in [-0.1, -0.05) is 13.8 Å². The molecule has 1 aromatic carbocycles. The van der Waals surface area contributed by atoms with Gasteiger partial charge in [-0.3, -0.25) is 4.79 Å². The van der Waals surface area contributed by atoms with Gasteiger partial charge in [0.1, 0.15) is 18.0 Å². The molecule has 0 aliphatic carbocycles. The summed E-state index contributed by atoms with van der Waals surface area (Å²) in [7, 11) is -4.14. The SMILES string of the molecule is CC(C)CSc1cc(CNC(=O)[C@@H]2C[C@@H](F)CN2S(=O)(=O)c2ccc(F)cc2)ccn1. The van der Waals surface area contributed by atoms with Gasteiger partial charge >= 0.3 is 0 Å². The number of carbonyl (C=O) groups is 1. The number of aromatic nitrogens is 1. The molecule has 1 fully saturated rings. The molecule has 3 rings (SSSR count). The third kappa shape index (κ3) is 6.02. The number of rotatable bonds is 8. The molecule has 0 saturated carbocycles. The lowest BCUT2D eigenvalue weighted by atomic mass is 10.2. The van der Waals surface area contributed by atoms with Gasteiger partial charge in [0.2, 0.25) is 15.9 Å². The topological polar surface area (TPSA) is 79.4 Å². The predicted molar refractivity (Wildman–Crippen MR) is 115 cm³/mol. The molecule has 1 aromatic heterocycles. The highest BCUT2D eigenvalue weighted by Crippen LogP contribution is 2.28. The number of alkyl halides is 1. The van der Waals surface area contributed by atoms with Gasteiger partial charge in [-0.05, 0) is 47.9 Å². The van der Waals surface area contributed by atoms with Gasteiger partial charge in [0.25, 0.3) is 0 Å². The number of nitrogens with one attached hydrogen (secondary N) is 1. The number of hydrogen-bond acceptors (Lipinski definition) is 5. The van der Waals surface area contributed by atoms with Crippen molar-refractivity contribution in [2.75, 3.05) is 12.3 Å². The predicted octanol–water partition coefficient (Wildman–Crippen LogP) is 3.39. The summed E-state index contributed by atoms with van der Waals surface area (Å²) in [5.74, 6) is 0.277. The number of benzene rings is 1. The molecule has 1 amide bonds. The zero-order valence-corrected chi connectivity index (χ0v) is 18.9. The van der Waals surface area contributed by atoms with Crippen LogP contribution in [0.3, 0.4) is 0 Å². The number of carbonyl (C=O) groups excluding carboxylic acids is 1. The Morgan fingerprint density at radius 3 is 2.68 bits per heavy atom. The van der Waals surface area contributed by atoms with Crippen molar-refractivity contribution >= 4 is 27.7 Å². The van der Waals surface area contributed by atoms with Crippen LogP contribution in [0.2, 0.25) is 0 Å². The van der Waals surface area contributed by atoms with Crippen LogP contribution in [0.25, 0.3) is 0 Å². The summed E-state index contributed by atoms with van der Waals surface area (Å²) >= 11 is 1.62. The van der Waals surface area contributed by atoms with Gasteiger partial charge in [0, 0.05) is 31.5 Å². The molecular weight excluding hydrogens is 444 g/mol. The normalized spacial score (nSPS) is 19.6. The minimum atomic E-state index is -4.14. The van der Waals surface area contributed by atoms with Gasteiger partial charge in [-0.25, -0.2) is 22.2 Å². The number of nitrogens with zero attached hydrogens (tertiary/aromatic N) is 2. The fourth-order valence-electron chi connectivity index (χ4n) is 3.20. The van der Waals surface area contributed by atoms with Crippen molar-refractivity contribution in [3.63, 3.8) is 0 Å².